The van der Waals surface area contributed by atoms with Crippen molar-refractivity contribution < 1.29 is 19.7 Å². The highest BCUT2D eigenvalue weighted by molar-refractivity contribution is 5.88. The van der Waals surface area contributed by atoms with Crippen molar-refractivity contribution in [2.75, 3.05) is 6.61 Å². The van der Waals surface area contributed by atoms with Crippen LogP contribution >= 0.6 is 0 Å². The molecule has 4 rings (SSSR count). The molecule has 4 aromatic carbocycles. The molecule has 0 saturated heterocycles. The summed E-state index contributed by atoms with van der Waals surface area (Å²) >= 11 is 0. The third-order valence-corrected chi connectivity index (χ3v) is 3.87. The van der Waals surface area contributed by atoms with Gasteiger partial charge in [0.15, 0.2) is 6.61 Å². The number of fused-ring (bicyclic) bond motifs is 2. The lowest BCUT2D eigenvalue weighted by Crippen LogP contribution is -2.09. The maximum absolute atomic E-state index is 10.4. The standard InChI is InChI=1S/C12H10O3.C10H8O/c13-12(14)8-15-11-7-3-5-9-4-1-2-6-10(9)11;11-10-7-3-5-8-4-1-2-6-9(8)10/h1-7H,8H2,(H,13,14);1-7,11H. The smallest absolute Gasteiger partial charge is 0.341 e. The molecule has 4 aromatic rings. The zero-order valence-electron chi connectivity index (χ0n) is 14.0. The van der Waals surface area contributed by atoms with Crippen molar-refractivity contribution in [2.24, 2.45) is 0 Å². The summed E-state index contributed by atoms with van der Waals surface area (Å²) in [5, 5.41) is 21.9. The number of ether oxygens (including phenoxy) is 1. The molecule has 0 aliphatic rings. The van der Waals surface area contributed by atoms with E-state index in [1.165, 1.54) is 0 Å². The summed E-state index contributed by atoms with van der Waals surface area (Å²) in [7, 11) is 0. The molecule has 0 amide bonds. The quantitative estimate of drug-likeness (QED) is 0.556. The second-order valence-electron chi connectivity index (χ2n) is 5.66. The normalized spacial score (nSPS) is 10.2. The van der Waals surface area contributed by atoms with Crippen molar-refractivity contribution >= 4 is 27.5 Å². The fraction of sp³-hybridized carbons (Fsp3) is 0.0455. The van der Waals surface area contributed by atoms with E-state index in [2.05, 4.69) is 0 Å². The molecule has 0 unspecified atom stereocenters. The summed E-state index contributed by atoms with van der Waals surface area (Å²) in [4.78, 5) is 10.4. The lowest BCUT2D eigenvalue weighted by Gasteiger charge is -2.06. The first-order chi connectivity index (χ1) is 12.6. The van der Waals surface area contributed by atoms with E-state index in [9.17, 15) is 9.90 Å². The lowest BCUT2D eigenvalue weighted by molar-refractivity contribution is -0.139. The van der Waals surface area contributed by atoms with Gasteiger partial charge >= 0.3 is 5.97 Å². The van der Waals surface area contributed by atoms with Crippen LogP contribution in [0.3, 0.4) is 0 Å². The predicted molar refractivity (Wildman–Crippen MR) is 103 cm³/mol. The van der Waals surface area contributed by atoms with Gasteiger partial charge in [0, 0.05) is 10.8 Å². The number of aliphatic carboxylic acids is 1. The van der Waals surface area contributed by atoms with Gasteiger partial charge in [0.05, 0.1) is 0 Å². The molecule has 0 saturated carbocycles. The van der Waals surface area contributed by atoms with Crippen LogP contribution in [-0.4, -0.2) is 22.8 Å². The third-order valence-electron chi connectivity index (χ3n) is 3.87. The fourth-order valence-corrected chi connectivity index (χ4v) is 2.67. The number of carbonyl (C=O) groups is 1. The van der Waals surface area contributed by atoms with Crippen molar-refractivity contribution in [1.82, 2.24) is 0 Å². The average Bonchev–Trinajstić information content (AvgIpc) is 2.67. The molecule has 130 valence electrons. The molecule has 0 aromatic heterocycles. The summed E-state index contributed by atoms with van der Waals surface area (Å²) in [5.41, 5.74) is 0. The number of rotatable bonds is 3. The molecule has 0 atom stereocenters. The van der Waals surface area contributed by atoms with E-state index < -0.39 is 5.97 Å². The maximum Gasteiger partial charge on any atom is 0.341 e. The SMILES string of the molecule is O=C(O)COc1cccc2ccccc12.Oc1cccc2ccccc12. The number of aromatic hydroxyl groups is 1. The molecule has 0 radical (unpaired) electrons. The Morgan fingerprint density at radius 3 is 1.92 bits per heavy atom. The summed E-state index contributed by atoms with van der Waals surface area (Å²) in [6.45, 7) is -0.312. The number of benzene rings is 4. The summed E-state index contributed by atoms with van der Waals surface area (Å²) in [5.74, 6) is -0.0125. The highest BCUT2D eigenvalue weighted by Gasteiger charge is 2.03. The van der Waals surface area contributed by atoms with Crippen molar-refractivity contribution in [1.29, 1.82) is 0 Å². The first-order valence-corrected chi connectivity index (χ1v) is 8.14. The molecule has 0 fully saturated rings. The minimum Gasteiger partial charge on any atom is -0.507 e. The Hall–Kier alpha value is -3.53. The Kier molecular flexibility index (Phi) is 5.34. The number of carboxylic acid groups (broad SMARTS) is 1. The number of hydrogen-bond acceptors (Lipinski definition) is 3. The van der Waals surface area contributed by atoms with Gasteiger partial charge < -0.3 is 14.9 Å². The zero-order valence-corrected chi connectivity index (χ0v) is 14.0. The minimum absolute atomic E-state index is 0.312. The molecule has 0 bridgehead atoms. The van der Waals surface area contributed by atoms with Crippen LogP contribution in [0.1, 0.15) is 0 Å². The van der Waals surface area contributed by atoms with Crippen molar-refractivity contribution in [2.45, 2.75) is 0 Å². The van der Waals surface area contributed by atoms with E-state index in [4.69, 9.17) is 9.84 Å². The van der Waals surface area contributed by atoms with Gasteiger partial charge in [-0.1, -0.05) is 72.8 Å². The van der Waals surface area contributed by atoms with Crippen LogP contribution in [0.2, 0.25) is 0 Å². The summed E-state index contributed by atoms with van der Waals surface area (Å²) < 4.78 is 5.18. The van der Waals surface area contributed by atoms with Crippen molar-refractivity contribution in [3.63, 3.8) is 0 Å². The van der Waals surface area contributed by atoms with Crippen LogP contribution < -0.4 is 4.74 Å². The van der Waals surface area contributed by atoms with Gasteiger partial charge in [-0.05, 0) is 22.9 Å². The molecule has 0 spiro atoms. The Bertz CT molecular complexity index is 1030. The van der Waals surface area contributed by atoms with Crippen LogP contribution in [0.25, 0.3) is 21.5 Å². The van der Waals surface area contributed by atoms with Crippen LogP contribution in [0, 0.1) is 0 Å². The van der Waals surface area contributed by atoms with E-state index in [1.54, 1.807) is 12.1 Å². The van der Waals surface area contributed by atoms with E-state index >= 15 is 0 Å². The zero-order chi connectivity index (χ0) is 18.4. The second-order valence-corrected chi connectivity index (χ2v) is 5.66. The van der Waals surface area contributed by atoms with E-state index in [0.29, 0.717) is 11.5 Å². The van der Waals surface area contributed by atoms with Gasteiger partial charge in [0.1, 0.15) is 11.5 Å². The Balaban J connectivity index is 0.000000158. The van der Waals surface area contributed by atoms with Gasteiger partial charge in [-0.3, -0.25) is 0 Å². The number of phenols is 1. The molecule has 2 N–H and O–H groups in total. The summed E-state index contributed by atoms with van der Waals surface area (Å²) in [6.07, 6.45) is 0. The first-order valence-electron chi connectivity index (χ1n) is 8.14. The molecule has 26 heavy (non-hydrogen) atoms. The Labute approximate surface area is 150 Å². The van der Waals surface area contributed by atoms with Crippen LogP contribution in [0.5, 0.6) is 11.5 Å². The number of hydrogen-bond donors (Lipinski definition) is 2. The highest BCUT2D eigenvalue weighted by atomic mass is 16.5. The Morgan fingerprint density at radius 2 is 1.27 bits per heavy atom. The maximum atomic E-state index is 10.4. The fourth-order valence-electron chi connectivity index (χ4n) is 2.67. The monoisotopic (exact) mass is 346 g/mol. The number of phenolic OH excluding ortho intramolecular Hbond substituents is 1. The van der Waals surface area contributed by atoms with Crippen molar-refractivity contribution in [3.8, 4) is 11.5 Å². The van der Waals surface area contributed by atoms with Crippen LogP contribution in [-0.2, 0) is 4.79 Å². The molecule has 0 aliphatic carbocycles. The van der Waals surface area contributed by atoms with E-state index in [0.717, 1.165) is 21.5 Å². The van der Waals surface area contributed by atoms with Crippen molar-refractivity contribution in [3.05, 3.63) is 84.9 Å². The highest BCUT2D eigenvalue weighted by Crippen LogP contribution is 2.25. The average molecular weight is 346 g/mol. The molecular weight excluding hydrogens is 328 g/mol. The molecular formula is C22H18O4. The molecule has 4 nitrogen and oxygen atoms in total. The largest absolute Gasteiger partial charge is 0.507 e. The topological polar surface area (TPSA) is 66.8 Å². The van der Waals surface area contributed by atoms with E-state index in [1.807, 2.05) is 72.8 Å². The second kappa shape index (κ2) is 8.03. The van der Waals surface area contributed by atoms with Gasteiger partial charge in [0.25, 0.3) is 0 Å². The van der Waals surface area contributed by atoms with Gasteiger partial charge in [0.2, 0.25) is 0 Å². The van der Waals surface area contributed by atoms with E-state index in [-0.39, 0.29) is 6.61 Å². The van der Waals surface area contributed by atoms with Gasteiger partial charge in [-0.2, -0.15) is 0 Å². The Morgan fingerprint density at radius 1 is 0.731 bits per heavy atom. The predicted octanol–water partition coefficient (Wildman–Crippen LogP) is 4.85. The molecule has 0 heterocycles. The van der Waals surface area contributed by atoms with Crippen LogP contribution in [0.15, 0.2) is 84.9 Å². The summed E-state index contributed by atoms with van der Waals surface area (Å²) in [6, 6.07) is 26.6. The minimum atomic E-state index is -0.970. The molecule has 4 heteroatoms. The van der Waals surface area contributed by atoms with Gasteiger partial charge in [-0.15, -0.1) is 0 Å². The number of carboxylic acids is 1. The lowest BCUT2D eigenvalue weighted by atomic mass is 10.1. The third kappa shape index (κ3) is 4.11. The molecule has 0 aliphatic heterocycles. The van der Waals surface area contributed by atoms with Crippen LogP contribution in [0.4, 0.5) is 0 Å². The van der Waals surface area contributed by atoms with Gasteiger partial charge in [-0.25, -0.2) is 4.79 Å². The first kappa shape index (κ1) is 17.3.